The van der Waals surface area contributed by atoms with Crippen molar-refractivity contribution in [3.05, 3.63) is 59.2 Å². The van der Waals surface area contributed by atoms with E-state index in [1.807, 2.05) is 30.1 Å². The maximum atomic E-state index is 13.0. The van der Waals surface area contributed by atoms with Crippen LogP contribution in [0.3, 0.4) is 0 Å². The molecule has 5 nitrogen and oxygen atoms in total. The molecule has 2 aliphatic rings. The molecule has 0 aromatic heterocycles. The second kappa shape index (κ2) is 8.23. The highest BCUT2D eigenvalue weighted by Gasteiger charge is 2.27. The van der Waals surface area contributed by atoms with Gasteiger partial charge in [-0.1, -0.05) is 37.3 Å². The summed E-state index contributed by atoms with van der Waals surface area (Å²) < 4.78 is 10.9. The summed E-state index contributed by atoms with van der Waals surface area (Å²) in [6, 6.07) is 14.7. The fourth-order valence-electron chi connectivity index (χ4n) is 4.18. The predicted octanol–water partition coefficient (Wildman–Crippen LogP) is 3.77. The van der Waals surface area contributed by atoms with Crippen molar-refractivity contribution in [3.8, 4) is 11.5 Å². The molecule has 0 fully saturated rings. The van der Waals surface area contributed by atoms with Gasteiger partial charge in [-0.3, -0.25) is 9.69 Å². The molecule has 1 atom stereocenters. The molecule has 1 heterocycles. The summed E-state index contributed by atoms with van der Waals surface area (Å²) in [7, 11) is 1.95. The second-order valence-electron chi connectivity index (χ2n) is 7.60. The van der Waals surface area contributed by atoms with Gasteiger partial charge in [-0.15, -0.1) is 0 Å². The van der Waals surface area contributed by atoms with Crippen molar-refractivity contribution in [2.45, 2.75) is 38.8 Å². The molecule has 0 radical (unpaired) electrons. The molecular formula is C23H28N2O3. The van der Waals surface area contributed by atoms with Crippen LogP contribution in [0.1, 0.15) is 42.5 Å². The van der Waals surface area contributed by atoms with Gasteiger partial charge in [0.1, 0.15) is 0 Å². The summed E-state index contributed by atoms with van der Waals surface area (Å²) in [6.45, 7) is 4.32. The molecule has 2 aromatic rings. The first-order chi connectivity index (χ1) is 13.7. The number of hydrogen-bond donors (Lipinski definition) is 0. The third-order valence-corrected chi connectivity index (χ3v) is 5.85. The first-order valence-corrected chi connectivity index (χ1v) is 10.1. The maximum Gasteiger partial charge on any atom is 0.237 e. The minimum Gasteiger partial charge on any atom is -0.454 e. The van der Waals surface area contributed by atoms with Crippen molar-refractivity contribution in [2.24, 2.45) is 0 Å². The zero-order valence-electron chi connectivity index (χ0n) is 16.7. The largest absolute Gasteiger partial charge is 0.454 e. The van der Waals surface area contributed by atoms with Crippen molar-refractivity contribution in [3.63, 3.8) is 0 Å². The van der Waals surface area contributed by atoms with E-state index in [1.54, 1.807) is 0 Å². The Balaban J connectivity index is 1.42. The first-order valence-electron chi connectivity index (χ1n) is 10.1. The zero-order chi connectivity index (χ0) is 19.5. The van der Waals surface area contributed by atoms with Crippen molar-refractivity contribution >= 4 is 5.91 Å². The van der Waals surface area contributed by atoms with E-state index in [0.29, 0.717) is 13.1 Å². The summed E-state index contributed by atoms with van der Waals surface area (Å²) >= 11 is 0. The molecule has 1 amide bonds. The lowest BCUT2D eigenvalue weighted by Crippen LogP contribution is -2.40. The van der Waals surface area contributed by atoms with Gasteiger partial charge in [0, 0.05) is 13.6 Å². The molecule has 148 valence electrons. The number of nitrogens with zero attached hydrogens (tertiary/aromatic N) is 2. The molecule has 0 N–H and O–H groups in total. The Kier molecular flexibility index (Phi) is 5.53. The minimum absolute atomic E-state index is 0.171. The van der Waals surface area contributed by atoms with Crippen molar-refractivity contribution in [1.82, 2.24) is 9.80 Å². The van der Waals surface area contributed by atoms with Crippen LogP contribution in [0.5, 0.6) is 11.5 Å². The maximum absolute atomic E-state index is 13.0. The SMILES string of the molecule is CCN(CC(=O)N(C)C1CCCc2ccccc21)Cc1ccc2c(c1)OCO2. The van der Waals surface area contributed by atoms with Crippen LogP contribution in [0, 0.1) is 0 Å². The number of amides is 1. The van der Waals surface area contributed by atoms with E-state index in [1.165, 1.54) is 11.1 Å². The molecule has 0 saturated heterocycles. The summed E-state index contributed by atoms with van der Waals surface area (Å²) in [4.78, 5) is 17.2. The van der Waals surface area contributed by atoms with E-state index < -0.39 is 0 Å². The van der Waals surface area contributed by atoms with E-state index in [2.05, 4.69) is 36.1 Å². The summed E-state index contributed by atoms with van der Waals surface area (Å²) in [5, 5.41) is 0. The van der Waals surface area contributed by atoms with Gasteiger partial charge in [0.05, 0.1) is 12.6 Å². The van der Waals surface area contributed by atoms with E-state index >= 15 is 0 Å². The third-order valence-electron chi connectivity index (χ3n) is 5.85. The Morgan fingerprint density at radius 3 is 2.82 bits per heavy atom. The predicted molar refractivity (Wildman–Crippen MR) is 108 cm³/mol. The van der Waals surface area contributed by atoms with Crippen LogP contribution in [0.2, 0.25) is 0 Å². The Morgan fingerprint density at radius 2 is 1.96 bits per heavy atom. The Hall–Kier alpha value is -2.53. The number of fused-ring (bicyclic) bond motifs is 2. The van der Waals surface area contributed by atoms with E-state index in [-0.39, 0.29) is 18.7 Å². The number of benzene rings is 2. The summed E-state index contributed by atoms with van der Waals surface area (Å²) in [5.74, 6) is 1.75. The van der Waals surface area contributed by atoms with Gasteiger partial charge >= 0.3 is 0 Å². The fraction of sp³-hybridized carbons (Fsp3) is 0.435. The van der Waals surface area contributed by atoms with Gasteiger partial charge in [-0.05, 0) is 54.6 Å². The van der Waals surface area contributed by atoms with Crippen LogP contribution >= 0.6 is 0 Å². The van der Waals surface area contributed by atoms with E-state index in [0.717, 1.165) is 42.9 Å². The van der Waals surface area contributed by atoms with Gasteiger partial charge < -0.3 is 14.4 Å². The highest BCUT2D eigenvalue weighted by atomic mass is 16.7. The van der Waals surface area contributed by atoms with Crippen molar-refractivity contribution in [2.75, 3.05) is 26.9 Å². The summed E-state index contributed by atoms with van der Waals surface area (Å²) in [5.41, 5.74) is 3.82. The van der Waals surface area contributed by atoms with Crippen molar-refractivity contribution < 1.29 is 14.3 Å². The molecule has 0 spiro atoms. The zero-order valence-corrected chi connectivity index (χ0v) is 16.7. The van der Waals surface area contributed by atoms with Crippen LogP contribution in [-0.4, -0.2) is 42.6 Å². The number of carbonyl (C=O) groups excluding carboxylic acids is 1. The Bertz CT molecular complexity index is 851. The highest BCUT2D eigenvalue weighted by molar-refractivity contribution is 5.78. The van der Waals surface area contributed by atoms with Gasteiger partial charge in [0.2, 0.25) is 12.7 Å². The number of aryl methyl sites for hydroxylation is 1. The molecule has 28 heavy (non-hydrogen) atoms. The average molecular weight is 380 g/mol. The van der Waals surface area contributed by atoms with Gasteiger partial charge in [0.15, 0.2) is 11.5 Å². The van der Waals surface area contributed by atoms with Crippen LogP contribution in [0.4, 0.5) is 0 Å². The van der Waals surface area contributed by atoms with Gasteiger partial charge in [0.25, 0.3) is 0 Å². The lowest BCUT2D eigenvalue weighted by atomic mass is 9.87. The smallest absolute Gasteiger partial charge is 0.237 e. The first kappa shape index (κ1) is 18.8. The van der Waals surface area contributed by atoms with E-state index in [9.17, 15) is 4.79 Å². The Morgan fingerprint density at radius 1 is 1.14 bits per heavy atom. The molecule has 5 heteroatoms. The monoisotopic (exact) mass is 380 g/mol. The lowest BCUT2D eigenvalue weighted by molar-refractivity contribution is -0.133. The molecule has 4 rings (SSSR count). The molecule has 2 aromatic carbocycles. The number of ether oxygens (including phenoxy) is 2. The topological polar surface area (TPSA) is 42.0 Å². The van der Waals surface area contributed by atoms with Crippen LogP contribution in [-0.2, 0) is 17.8 Å². The average Bonchev–Trinajstić information content (AvgIpc) is 3.20. The van der Waals surface area contributed by atoms with Crippen molar-refractivity contribution in [1.29, 1.82) is 0 Å². The summed E-state index contributed by atoms with van der Waals surface area (Å²) in [6.07, 6.45) is 3.28. The van der Waals surface area contributed by atoms with Crippen LogP contribution in [0.25, 0.3) is 0 Å². The van der Waals surface area contributed by atoms with Crippen LogP contribution < -0.4 is 9.47 Å². The standard InChI is InChI=1S/C23H28N2O3/c1-3-25(14-17-11-12-21-22(13-17)28-16-27-21)15-23(26)24(2)20-10-6-8-18-7-4-5-9-19(18)20/h4-5,7,9,11-13,20H,3,6,8,10,14-16H2,1-2H3. The molecule has 0 bridgehead atoms. The fourth-order valence-corrected chi connectivity index (χ4v) is 4.18. The highest BCUT2D eigenvalue weighted by Crippen LogP contribution is 2.34. The quantitative estimate of drug-likeness (QED) is 0.765. The molecule has 1 aliphatic heterocycles. The number of hydrogen-bond acceptors (Lipinski definition) is 4. The minimum atomic E-state index is 0.171. The lowest BCUT2D eigenvalue weighted by Gasteiger charge is -2.34. The third kappa shape index (κ3) is 3.85. The number of rotatable bonds is 6. The van der Waals surface area contributed by atoms with Crippen LogP contribution in [0.15, 0.2) is 42.5 Å². The molecule has 0 saturated carbocycles. The number of likely N-dealkylation sites (N-methyl/N-ethyl adjacent to an activating group) is 2. The second-order valence-corrected chi connectivity index (χ2v) is 7.60. The van der Waals surface area contributed by atoms with E-state index in [4.69, 9.17) is 9.47 Å². The normalized spacial score (nSPS) is 17.5. The van der Waals surface area contributed by atoms with Gasteiger partial charge in [-0.2, -0.15) is 0 Å². The number of carbonyl (C=O) groups is 1. The Labute approximate surface area is 166 Å². The molecule has 1 aliphatic carbocycles. The molecular weight excluding hydrogens is 352 g/mol. The van der Waals surface area contributed by atoms with Gasteiger partial charge in [-0.25, -0.2) is 0 Å². The molecule has 1 unspecified atom stereocenters.